The van der Waals surface area contributed by atoms with Crippen LogP contribution < -0.4 is 4.74 Å². The van der Waals surface area contributed by atoms with Crippen LogP contribution in [0.4, 0.5) is 39.5 Å². The minimum absolute atomic E-state index is 0.0215. The molecule has 3 aliphatic rings. The smallest absolute Gasteiger partial charge is 0.417 e. The monoisotopic (exact) mass is 1530 g/mol. The molecule has 0 saturated carbocycles. The van der Waals surface area contributed by atoms with Gasteiger partial charge in [-0.05, 0) is 137 Å². The van der Waals surface area contributed by atoms with Crippen molar-refractivity contribution in [3.8, 4) is 68.8 Å². The van der Waals surface area contributed by atoms with Gasteiger partial charge in [0.25, 0.3) is 0 Å². The van der Waals surface area contributed by atoms with E-state index in [4.69, 9.17) is 79.6 Å². The van der Waals surface area contributed by atoms with Gasteiger partial charge in [-0.2, -0.15) is 44.8 Å². The summed E-state index contributed by atoms with van der Waals surface area (Å²) in [5.74, 6) is 1.53. The molecule has 0 fully saturated rings. The molecule has 0 atom stereocenters. The summed E-state index contributed by atoms with van der Waals surface area (Å²) in [5.41, 5.74) is 6.24. The van der Waals surface area contributed by atoms with Gasteiger partial charge in [0.05, 0.1) is 46.0 Å². The molecule has 5 aromatic heterocycles. The van der Waals surface area contributed by atoms with Gasteiger partial charge in [-0.15, -0.1) is 0 Å². The van der Waals surface area contributed by atoms with E-state index < -0.39 is 35.2 Å². The maximum Gasteiger partial charge on any atom is 0.417 e. The van der Waals surface area contributed by atoms with E-state index in [1.54, 1.807) is 30.3 Å². The first-order chi connectivity index (χ1) is 49.9. The summed E-state index contributed by atoms with van der Waals surface area (Å²) in [5, 5.41) is 12.7. The van der Waals surface area contributed by atoms with Crippen molar-refractivity contribution >= 4 is 91.4 Å². The predicted octanol–water partition coefficient (Wildman–Crippen LogP) is 23.3. The molecule has 532 valence electrons. The Bertz CT molecular complexity index is 5160. The Kier molecular flexibility index (Phi) is 24.7. The van der Waals surface area contributed by atoms with Crippen molar-refractivity contribution in [2.24, 2.45) is 0 Å². The Hall–Kier alpha value is -9.14. The topological polar surface area (TPSA) is 162 Å². The minimum Gasteiger partial charge on any atom is -0.494 e. The zero-order valence-corrected chi connectivity index (χ0v) is 59.5. The van der Waals surface area contributed by atoms with E-state index in [-0.39, 0.29) is 49.6 Å². The molecule has 15 rings (SSSR count). The molecular formula is C77H58Cl6F9N11O. The highest BCUT2D eigenvalue weighted by molar-refractivity contribution is 6.35. The van der Waals surface area contributed by atoms with Gasteiger partial charge in [0.1, 0.15) is 37.0 Å². The quantitative estimate of drug-likeness (QED) is 0.0881. The zero-order chi connectivity index (χ0) is 73.9. The summed E-state index contributed by atoms with van der Waals surface area (Å²) in [6, 6.07) is 45.3. The fourth-order valence-electron chi connectivity index (χ4n) is 12.1. The highest BCUT2D eigenvalue weighted by Gasteiger charge is 2.37. The summed E-state index contributed by atoms with van der Waals surface area (Å²) in [7, 11) is 1.45. The summed E-state index contributed by atoms with van der Waals surface area (Å²) in [6.45, 7) is 0. The average Bonchev–Trinajstić information content (AvgIpc) is 0.805. The summed E-state index contributed by atoms with van der Waals surface area (Å²) in [4.78, 5) is 43.0. The van der Waals surface area contributed by atoms with Crippen molar-refractivity contribution < 1.29 is 44.3 Å². The van der Waals surface area contributed by atoms with E-state index in [2.05, 4.69) is 55.9 Å². The largest absolute Gasteiger partial charge is 0.494 e. The minimum atomic E-state index is -4.51. The van der Waals surface area contributed by atoms with Gasteiger partial charge >= 0.3 is 18.5 Å². The number of halogens is 15. The van der Waals surface area contributed by atoms with E-state index >= 15 is 0 Å². The Balaban J connectivity index is 0.000000130. The average molecular weight is 1540 g/mol. The van der Waals surface area contributed by atoms with Gasteiger partial charge in [0.15, 0.2) is 29.1 Å². The molecule has 104 heavy (non-hydrogen) atoms. The van der Waals surface area contributed by atoms with E-state index in [1.165, 1.54) is 74.9 Å². The molecule has 7 aromatic carbocycles. The van der Waals surface area contributed by atoms with Crippen LogP contribution in [0, 0.1) is 11.3 Å². The number of para-hydroxylation sites is 2. The molecule has 0 saturated heterocycles. The van der Waals surface area contributed by atoms with Gasteiger partial charge in [-0.3, -0.25) is 0 Å². The number of aromatic nitrogens is 10. The fraction of sp³-hybridized carbons (Fsp3) is 0.234. The number of hydrogen-bond donors (Lipinski definition) is 0. The van der Waals surface area contributed by atoms with Crippen LogP contribution in [-0.4, -0.2) is 56.9 Å². The molecular weight excluding hydrogens is 1480 g/mol. The van der Waals surface area contributed by atoms with Crippen LogP contribution in [0.1, 0.15) is 107 Å². The number of aryl methyl sites for hydroxylation is 3. The van der Waals surface area contributed by atoms with Crippen molar-refractivity contribution in [1.29, 1.82) is 5.26 Å². The van der Waals surface area contributed by atoms with Crippen molar-refractivity contribution in [2.75, 3.05) is 7.11 Å². The lowest BCUT2D eigenvalue weighted by Crippen LogP contribution is -2.10. The first kappa shape index (κ1) is 76.0. The lowest BCUT2D eigenvalue weighted by Gasteiger charge is -2.17. The SMILES string of the molecule is COc1cccc2c(Cl)nc(-c3ccccc3C(F)(F)F)nc12.Clc1ccccc1-c1nc(Cl)c2c(n1)CCCCC2.FC(F)(F)c1ccccc1-c1nc(Cl)c2c(n1)CCC2.FC(F)(F)c1ccccc1-c1nc(Cl)c2c(n1)CCCCCC2.N#Cc1ccccc1-c1nc(Cl)c2ccccc2n1. The summed E-state index contributed by atoms with van der Waals surface area (Å²) >= 11 is 37.1. The number of rotatable bonds is 6. The zero-order valence-electron chi connectivity index (χ0n) is 55.0. The van der Waals surface area contributed by atoms with E-state index in [0.717, 1.165) is 139 Å². The number of fused-ring (bicyclic) bond motifs is 5. The first-order valence-electron chi connectivity index (χ1n) is 32.7. The standard InChI is InChI=1S/C17H16ClF3N2.C16H10ClF3N2O.C15H14Cl2N2.C15H8ClN3.C14H10ClF3N2/c18-15-12-8-3-1-2-4-10-14(12)22-16(23-15)11-7-5-6-9-13(11)17(19,20)21;1-23-12-8-4-6-10-13(12)21-15(22-14(10)17)9-5-2-3-7-11(9)16(18,19)20;16-12-8-5-4-6-10(12)15-18-13-9-3-1-2-7-11(13)14(17)19-15;16-14-12-7-3-4-8-13(12)18-15(19-14)11-6-2-1-5-10(11)9-17;15-12-9-5-3-7-11(9)19-13(20-12)8-4-1-2-6-10(8)14(16,17)18/h5-7,9H,1-4,8,10H2;2-8H,1H3;4-6,8H,1-3,7,9H2;1-8H;1-2,4,6H,3,5,7H2. The van der Waals surface area contributed by atoms with Gasteiger partial charge in [-0.1, -0.05) is 186 Å². The molecule has 12 nitrogen and oxygen atoms in total. The van der Waals surface area contributed by atoms with Crippen LogP contribution in [0.25, 0.3) is 78.7 Å². The first-order valence-corrected chi connectivity index (χ1v) is 35.0. The van der Waals surface area contributed by atoms with Gasteiger partial charge in [0.2, 0.25) is 0 Å². The molecule has 0 unspecified atom stereocenters. The van der Waals surface area contributed by atoms with Crippen LogP contribution in [0.5, 0.6) is 5.75 Å². The number of methoxy groups -OCH3 is 1. The maximum absolute atomic E-state index is 13.2. The molecule has 0 N–H and O–H groups in total. The Morgan fingerprint density at radius 1 is 0.337 bits per heavy atom. The summed E-state index contributed by atoms with van der Waals surface area (Å²) < 4.78 is 123. The highest BCUT2D eigenvalue weighted by atomic mass is 35.5. The predicted molar refractivity (Wildman–Crippen MR) is 388 cm³/mol. The Morgan fingerprint density at radius 2 is 0.692 bits per heavy atom. The molecule has 0 aliphatic heterocycles. The molecule has 12 aromatic rings. The normalized spacial score (nSPS) is 13.4. The van der Waals surface area contributed by atoms with E-state index in [1.807, 2.05) is 66.7 Å². The molecule has 27 heteroatoms. The van der Waals surface area contributed by atoms with Crippen LogP contribution in [0.15, 0.2) is 164 Å². The number of alkyl halides is 9. The fourth-order valence-corrected chi connectivity index (χ4v) is 13.6. The number of benzene rings is 7. The second-order valence-electron chi connectivity index (χ2n) is 23.9. The molecule has 0 bridgehead atoms. The summed E-state index contributed by atoms with van der Waals surface area (Å²) in [6.07, 6.45) is 0.309. The number of ether oxygens (including phenoxy) is 1. The Labute approximate surface area is 621 Å². The molecule has 3 aliphatic carbocycles. The second-order valence-corrected chi connectivity index (χ2v) is 26.1. The lowest BCUT2D eigenvalue weighted by molar-refractivity contribution is -0.137. The van der Waals surface area contributed by atoms with Gasteiger partial charge in [-0.25, -0.2) is 49.8 Å². The molecule has 0 amide bonds. The van der Waals surface area contributed by atoms with Gasteiger partial charge < -0.3 is 4.74 Å². The van der Waals surface area contributed by atoms with Crippen LogP contribution >= 0.6 is 69.6 Å². The van der Waals surface area contributed by atoms with E-state index in [9.17, 15) is 39.5 Å². The van der Waals surface area contributed by atoms with Crippen molar-refractivity contribution in [3.63, 3.8) is 0 Å². The molecule has 0 spiro atoms. The van der Waals surface area contributed by atoms with Crippen LogP contribution in [-0.2, 0) is 57.1 Å². The van der Waals surface area contributed by atoms with E-state index in [0.29, 0.717) is 54.8 Å². The maximum atomic E-state index is 13.2. The second kappa shape index (κ2) is 33.7. The number of hydrogen-bond acceptors (Lipinski definition) is 12. The Morgan fingerprint density at radius 3 is 1.17 bits per heavy atom. The number of nitriles is 1. The van der Waals surface area contributed by atoms with Crippen molar-refractivity contribution in [3.05, 3.63) is 251 Å². The van der Waals surface area contributed by atoms with Crippen LogP contribution in [0.3, 0.4) is 0 Å². The third-order valence-corrected chi connectivity index (χ3v) is 19.0. The third-order valence-electron chi connectivity index (χ3n) is 17.1. The van der Waals surface area contributed by atoms with Gasteiger partial charge in [0, 0.05) is 72.4 Å². The highest BCUT2D eigenvalue weighted by Crippen LogP contribution is 2.42. The number of nitrogens with zero attached hydrogens (tertiary/aromatic N) is 11. The third kappa shape index (κ3) is 18.1. The molecule has 0 radical (unpaired) electrons. The van der Waals surface area contributed by atoms with Crippen molar-refractivity contribution in [1.82, 2.24) is 49.8 Å². The lowest BCUT2D eigenvalue weighted by atomic mass is 9.98. The molecule has 5 heterocycles. The van der Waals surface area contributed by atoms with Crippen molar-refractivity contribution in [2.45, 2.75) is 108 Å². The van der Waals surface area contributed by atoms with Crippen LogP contribution in [0.2, 0.25) is 30.8 Å².